The molecule has 83 heavy (non-hydrogen) atoms. The van der Waals surface area contributed by atoms with Crippen molar-refractivity contribution in [2.75, 3.05) is 170 Å². The van der Waals surface area contributed by atoms with Crippen LogP contribution < -0.4 is 16.2 Å². The monoisotopic (exact) mass is 1240 g/mol. The summed E-state index contributed by atoms with van der Waals surface area (Å²) in [6.07, 6.45) is -0.275. The van der Waals surface area contributed by atoms with Crippen LogP contribution in [0, 0.1) is 0 Å². The molecule has 1 aliphatic heterocycles. The van der Waals surface area contributed by atoms with E-state index in [1.54, 1.807) is 25.3 Å². The van der Waals surface area contributed by atoms with E-state index in [0.717, 1.165) is 16.7 Å². The molecule has 0 saturated carbocycles. The van der Waals surface area contributed by atoms with Gasteiger partial charge in [0.25, 0.3) is 5.56 Å². The Morgan fingerprint density at radius 3 is 1.33 bits per heavy atom. The number of alkyl carbamates (subject to hydrolysis) is 1. The lowest BCUT2D eigenvalue weighted by Gasteiger charge is -2.32. The predicted molar refractivity (Wildman–Crippen MR) is 308 cm³/mol. The molecule has 4 aromatic rings. The molecular formula is C57H81Cl2F3N4O16S. The molecule has 1 saturated heterocycles. The molecule has 20 nitrogen and oxygen atoms in total. The van der Waals surface area contributed by atoms with Gasteiger partial charge < -0.3 is 72.0 Å². The Hall–Kier alpha value is -4.22. The van der Waals surface area contributed by atoms with E-state index in [9.17, 15) is 31.2 Å². The van der Waals surface area contributed by atoms with Gasteiger partial charge in [-0.2, -0.15) is 17.5 Å². The van der Waals surface area contributed by atoms with Crippen LogP contribution in [0.25, 0.3) is 10.9 Å². The van der Waals surface area contributed by atoms with Crippen LogP contribution >= 0.6 is 23.2 Å². The van der Waals surface area contributed by atoms with Crippen molar-refractivity contribution in [2.24, 2.45) is 0 Å². The van der Waals surface area contributed by atoms with Gasteiger partial charge in [0.1, 0.15) is 5.60 Å². The smallest absolute Gasteiger partial charge is 0.444 e. The number of hydrogen-bond donors (Lipinski definition) is 2. The molecule has 1 aliphatic rings. The standard InChI is InChI=1S/C57H81Cl2F3N4O16S/c1-56(2,3)82-55(68)63-16-20-71-22-24-73-26-28-75-30-32-77-34-36-79-38-40-81-41-39-80-37-35-78-33-31-76-29-27-74-25-23-72-21-19-66-52-13-8-46(54(44-4-9-47(58)10-5-44)45-6-11-48(59)12-7-45)42-50(52)51(43-53(66)67)64-49-14-17-65(18-15-49)83(69,70)57(60,61)62/h4-13,42-43,49,54,64H,14-41H2,1-3H3,(H,63,68). The van der Waals surface area contributed by atoms with Crippen LogP contribution in [0.1, 0.15) is 56.2 Å². The fourth-order valence-corrected chi connectivity index (χ4v) is 9.66. The molecule has 2 N–H and O–H groups in total. The summed E-state index contributed by atoms with van der Waals surface area (Å²) in [5.74, 6) is -0.270. The number of nitrogens with one attached hydrogen (secondary N) is 2. The Morgan fingerprint density at radius 2 is 0.940 bits per heavy atom. The third kappa shape index (κ3) is 26.5. The molecule has 0 bridgehead atoms. The van der Waals surface area contributed by atoms with Gasteiger partial charge in [-0.15, -0.1) is 0 Å². The summed E-state index contributed by atoms with van der Waals surface area (Å²) in [4.78, 5) is 25.4. The van der Waals surface area contributed by atoms with E-state index < -0.39 is 33.3 Å². The molecule has 5 rings (SSSR count). The number of hydrogen-bond acceptors (Lipinski definition) is 17. The number of alkyl halides is 3. The number of halogens is 5. The SMILES string of the molecule is CC(C)(C)OC(=O)NCCOCCOCCOCCOCCOCCOCCOCCOCCOCCOCCOCCn1c(=O)cc(NC2CCN(S(=O)(=O)C(F)(F)F)CC2)c2cc(C(c3ccc(Cl)cc3)c3ccc(Cl)cc3)ccc21. The third-order valence-corrected chi connectivity index (χ3v) is 14.5. The fraction of sp³-hybridized carbons (Fsp3) is 0.614. The van der Waals surface area contributed by atoms with Crippen LogP contribution in [0.5, 0.6) is 0 Å². The Labute approximate surface area is 494 Å². The quantitative estimate of drug-likeness (QED) is 0.0319. The van der Waals surface area contributed by atoms with Gasteiger partial charge in [-0.05, 0) is 86.7 Å². The van der Waals surface area contributed by atoms with Crippen molar-refractivity contribution in [3.63, 3.8) is 0 Å². The van der Waals surface area contributed by atoms with E-state index in [1.165, 1.54) is 6.07 Å². The second-order valence-corrected chi connectivity index (χ2v) is 22.6. The number of carbonyl (C=O) groups excluding carboxylic acids is 1. The summed E-state index contributed by atoms with van der Waals surface area (Å²) in [6.45, 7) is 14.1. The number of piperidine rings is 1. The molecule has 1 amide bonds. The van der Waals surface area contributed by atoms with Crippen molar-refractivity contribution in [3.05, 3.63) is 110 Å². The maximum Gasteiger partial charge on any atom is 0.511 e. The largest absolute Gasteiger partial charge is 0.511 e. The number of benzene rings is 3. The second-order valence-electron chi connectivity index (χ2n) is 19.8. The zero-order valence-corrected chi connectivity index (χ0v) is 49.9. The maximum absolute atomic E-state index is 13.8. The van der Waals surface area contributed by atoms with Gasteiger partial charge in [-0.1, -0.05) is 53.5 Å². The highest BCUT2D eigenvalue weighted by Gasteiger charge is 2.50. The topological polar surface area (TPSA) is 211 Å². The first kappa shape index (κ1) is 69.6. The Bertz CT molecular complexity index is 2580. The summed E-state index contributed by atoms with van der Waals surface area (Å²) in [7, 11) is -5.46. The molecule has 1 fully saturated rings. The molecular weight excluding hydrogens is 1160 g/mol. The van der Waals surface area contributed by atoms with E-state index >= 15 is 0 Å². The molecule has 0 spiro atoms. The van der Waals surface area contributed by atoms with Crippen LogP contribution in [0.2, 0.25) is 10.0 Å². The zero-order valence-electron chi connectivity index (χ0n) is 47.6. The third-order valence-electron chi connectivity index (χ3n) is 12.4. The molecule has 0 aliphatic carbocycles. The van der Waals surface area contributed by atoms with Crippen LogP contribution in [-0.4, -0.2) is 206 Å². The van der Waals surface area contributed by atoms with Crippen molar-refractivity contribution in [1.29, 1.82) is 0 Å². The van der Waals surface area contributed by atoms with Gasteiger partial charge in [-0.25, -0.2) is 13.2 Å². The highest BCUT2D eigenvalue weighted by atomic mass is 35.5. The number of ether oxygens (including phenoxy) is 12. The average molecular weight is 1240 g/mol. The van der Waals surface area contributed by atoms with Gasteiger partial charge >= 0.3 is 21.6 Å². The molecule has 1 aromatic heterocycles. The molecule has 3 aromatic carbocycles. The molecule has 2 heterocycles. The van der Waals surface area contributed by atoms with Gasteiger partial charge in [0.2, 0.25) is 0 Å². The van der Waals surface area contributed by atoms with Crippen molar-refractivity contribution in [1.82, 2.24) is 14.2 Å². The number of anilines is 1. The van der Waals surface area contributed by atoms with E-state index in [-0.39, 0.29) is 57.2 Å². The number of carbonyl (C=O) groups is 1. The highest BCUT2D eigenvalue weighted by Crippen LogP contribution is 2.37. The van der Waals surface area contributed by atoms with Gasteiger partial charge in [0, 0.05) is 65.3 Å². The normalized spacial score (nSPS) is 13.8. The van der Waals surface area contributed by atoms with Gasteiger partial charge in [-0.3, -0.25) is 4.79 Å². The average Bonchev–Trinajstić information content (AvgIpc) is 3.47. The lowest BCUT2D eigenvalue weighted by molar-refractivity contribution is -0.0494. The first-order valence-corrected chi connectivity index (χ1v) is 30.0. The minimum atomic E-state index is -5.46. The summed E-state index contributed by atoms with van der Waals surface area (Å²) in [6, 6.07) is 21.9. The fourth-order valence-electron chi connectivity index (χ4n) is 8.42. The highest BCUT2D eigenvalue weighted by molar-refractivity contribution is 7.90. The van der Waals surface area contributed by atoms with Gasteiger partial charge in [0.05, 0.1) is 151 Å². The van der Waals surface area contributed by atoms with Crippen LogP contribution in [0.3, 0.4) is 0 Å². The lowest BCUT2D eigenvalue weighted by Crippen LogP contribution is -2.47. The predicted octanol–water partition coefficient (Wildman–Crippen LogP) is 7.92. The molecule has 26 heteroatoms. The summed E-state index contributed by atoms with van der Waals surface area (Å²) in [5.41, 5.74) is -2.38. The minimum absolute atomic E-state index is 0.0980. The Kier molecular flexibility index (Phi) is 31.9. The summed E-state index contributed by atoms with van der Waals surface area (Å²) >= 11 is 12.6. The first-order valence-electron chi connectivity index (χ1n) is 27.8. The molecule has 0 atom stereocenters. The number of fused-ring (bicyclic) bond motifs is 1. The van der Waals surface area contributed by atoms with E-state index in [4.69, 9.17) is 80.0 Å². The van der Waals surface area contributed by atoms with Crippen molar-refractivity contribution in [2.45, 2.75) is 63.2 Å². The minimum Gasteiger partial charge on any atom is -0.444 e. The first-order chi connectivity index (χ1) is 39.9. The van der Waals surface area contributed by atoms with E-state index in [1.807, 2.05) is 66.7 Å². The number of aromatic nitrogens is 1. The van der Waals surface area contributed by atoms with E-state index in [2.05, 4.69) is 10.6 Å². The zero-order chi connectivity index (χ0) is 59.8. The van der Waals surface area contributed by atoms with Crippen LogP contribution in [0.15, 0.2) is 77.6 Å². The summed E-state index contributed by atoms with van der Waals surface area (Å²) < 4.78 is 133. The number of rotatable bonds is 42. The Morgan fingerprint density at radius 1 is 0.566 bits per heavy atom. The van der Waals surface area contributed by atoms with Crippen LogP contribution in [-0.2, 0) is 73.4 Å². The van der Waals surface area contributed by atoms with Gasteiger partial charge in [0.15, 0.2) is 0 Å². The number of amides is 1. The molecule has 466 valence electrons. The Balaban J connectivity index is 0.879. The molecule has 0 unspecified atom stereocenters. The van der Waals surface area contributed by atoms with Crippen LogP contribution in [0.4, 0.5) is 23.7 Å². The van der Waals surface area contributed by atoms with Crippen molar-refractivity contribution < 1.29 is 83.2 Å². The maximum atomic E-state index is 13.8. The summed E-state index contributed by atoms with van der Waals surface area (Å²) in [5, 5.41) is 7.84. The number of nitrogens with zero attached hydrogens (tertiary/aromatic N) is 2. The number of pyridine rings is 1. The molecule has 0 radical (unpaired) electrons. The second kappa shape index (κ2) is 38.0. The lowest BCUT2D eigenvalue weighted by atomic mass is 9.84. The number of sulfonamides is 1. The van der Waals surface area contributed by atoms with Crippen molar-refractivity contribution >= 4 is 55.9 Å². The van der Waals surface area contributed by atoms with E-state index in [0.29, 0.717) is 170 Å². The van der Waals surface area contributed by atoms with Crippen molar-refractivity contribution in [3.8, 4) is 0 Å².